The van der Waals surface area contributed by atoms with Crippen molar-refractivity contribution in [3.63, 3.8) is 0 Å². The van der Waals surface area contributed by atoms with Gasteiger partial charge in [-0.15, -0.1) is 0 Å². The number of rotatable bonds is 10. The number of methoxy groups -OCH3 is 1. The van der Waals surface area contributed by atoms with E-state index in [0.29, 0.717) is 12.6 Å². The van der Waals surface area contributed by atoms with Crippen molar-refractivity contribution in [3.8, 4) is 11.1 Å². The molecule has 7 heteroatoms. The van der Waals surface area contributed by atoms with Crippen molar-refractivity contribution >= 4 is 5.91 Å². The van der Waals surface area contributed by atoms with E-state index >= 15 is 0 Å². The Bertz CT molecular complexity index is 1260. The van der Waals surface area contributed by atoms with E-state index in [1.54, 1.807) is 7.11 Å². The lowest BCUT2D eigenvalue weighted by Gasteiger charge is -2.39. The van der Waals surface area contributed by atoms with Gasteiger partial charge in [0.2, 0.25) is 5.91 Å². The number of aliphatic hydroxyl groups is 1. The molecule has 0 unspecified atom stereocenters. The van der Waals surface area contributed by atoms with Crippen molar-refractivity contribution in [2.45, 2.75) is 63.9 Å². The Labute approximate surface area is 237 Å². The fourth-order valence-corrected chi connectivity index (χ4v) is 5.76. The molecule has 1 amide bonds. The van der Waals surface area contributed by atoms with Gasteiger partial charge in [-0.05, 0) is 59.3 Å². The van der Waals surface area contributed by atoms with E-state index in [0.717, 1.165) is 65.9 Å². The largest absolute Gasteiger partial charge is 0.392 e. The molecule has 0 aliphatic carbocycles. The van der Waals surface area contributed by atoms with Gasteiger partial charge in [-0.1, -0.05) is 60.7 Å². The van der Waals surface area contributed by atoms with E-state index in [-0.39, 0.29) is 24.7 Å². The summed E-state index contributed by atoms with van der Waals surface area (Å²) < 4.78 is 18.7. The van der Waals surface area contributed by atoms with Crippen LogP contribution in [-0.4, -0.2) is 54.9 Å². The normalized spacial score (nSPS) is 23.3. The highest BCUT2D eigenvalue weighted by Crippen LogP contribution is 2.39. The van der Waals surface area contributed by atoms with Crippen molar-refractivity contribution in [2.24, 2.45) is 0 Å². The number of carbonyl (C=O) groups excluding carboxylic acids is 1. The number of carbonyl (C=O) groups is 1. The molecular formula is C33H40N2O5. The smallest absolute Gasteiger partial charge is 0.217 e. The van der Waals surface area contributed by atoms with Crippen molar-refractivity contribution in [2.75, 3.05) is 26.8 Å². The molecule has 40 heavy (non-hydrogen) atoms. The monoisotopic (exact) mass is 544 g/mol. The van der Waals surface area contributed by atoms with Gasteiger partial charge in [0, 0.05) is 45.1 Å². The van der Waals surface area contributed by atoms with Gasteiger partial charge in [0.25, 0.3) is 0 Å². The molecule has 3 aromatic rings. The molecule has 2 N–H and O–H groups in total. The van der Waals surface area contributed by atoms with Gasteiger partial charge in [-0.3, -0.25) is 9.69 Å². The molecule has 212 valence electrons. The molecule has 0 saturated carbocycles. The fraction of sp³-hybridized carbons (Fsp3) is 0.424. The van der Waals surface area contributed by atoms with Gasteiger partial charge < -0.3 is 24.6 Å². The van der Waals surface area contributed by atoms with E-state index in [2.05, 4.69) is 52.7 Å². The zero-order valence-corrected chi connectivity index (χ0v) is 23.4. The second kappa shape index (κ2) is 13.5. The number of benzene rings is 3. The fourth-order valence-electron chi connectivity index (χ4n) is 5.76. The van der Waals surface area contributed by atoms with Gasteiger partial charge in [-0.25, -0.2) is 0 Å². The number of amides is 1. The predicted molar refractivity (Wildman–Crippen MR) is 154 cm³/mol. The summed E-state index contributed by atoms with van der Waals surface area (Å²) in [6, 6.07) is 25.0. The summed E-state index contributed by atoms with van der Waals surface area (Å²) in [5.41, 5.74) is 6.14. The highest BCUT2D eigenvalue weighted by Gasteiger charge is 2.35. The number of hydrogen-bond donors (Lipinski definition) is 2. The summed E-state index contributed by atoms with van der Waals surface area (Å²) in [5, 5.41) is 12.4. The second-order valence-electron chi connectivity index (χ2n) is 10.8. The molecule has 2 fully saturated rings. The first-order valence-electron chi connectivity index (χ1n) is 14.2. The third kappa shape index (κ3) is 7.16. The second-order valence-corrected chi connectivity index (χ2v) is 10.8. The first-order chi connectivity index (χ1) is 19.5. The van der Waals surface area contributed by atoms with Crippen molar-refractivity contribution in [1.29, 1.82) is 0 Å². The molecule has 2 aliphatic heterocycles. The third-order valence-electron chi connectivity index (χ3n) is 7.87. The Kier molecular flexibility index (Phi) is 9.62. The summed E-state index contributed by atoms with van der Waals surface area (Å²) in [5.74, 6) is -0.0448. The zero-order valence-electron chi connectivity index (χ0n) is 23.4. The van der Waals surface area contributed by atoms with E-state index in [1.165, 1.54) is 13.3 Å². The Morgan fingerprint density at radius 3 is 2.52 bits per heavy atom. The summed E-state index contributed by atoms with van der Waals surface area (Å²) in [7, 11) is 1.77. The number of aliphatic hydroxyl groups excluding tert-OH is 1. The highest BCUT2D eigenvalue weighted by atomic mass is 16.7. The molecule has 5 rings (SSSR count). The number of nitrogens with one attached hydrogen (secondary N) is 1. The van der Waals surface area contributed by atoms with Gasteiger partial charge in [0.1, 0.15) is 0 Å². The summed E-state index contributed by atoms with van der Waals surface area (Å²) in [4.78, 5) is 13.9. The number of hydrogen-bond acceptors (Lipinski definition) is 6. The number of ether oxygens (including phenoxy) is 3. The Morgan fingerprint density at radius 1 is 1.00 bits per heavy atom. The van der Waals surface area contributed by atoms with E-state index < -0.39 is 6.29 Å². The van der Waals surface area contributed by atoms with Crippen LogP contribution in [0.2, 0.25) is 0 Å². The molecule has 2 saturated heterocycles. The molecule has 4 atom stereocenters. The summed E-state index contributed by atoms with van der Waals surface area (Å²) in [6.45, 7) is 4.68. The average molecular weight is 545 g/mol. The standard InChI is InChI=1S/C33H40N2O5/c1-23(37)34-19-25-6-3-7-27(16-25)28-8-4-9-29(17-28)33-39-31(20-35-15-5-10-30(35)22-38-2)18-32(40-33)26-13-11-24(21-36)12-14-26/h3-4,6-9,11-14,16-17,30-33,36H,5,10,15,18-22H2,1-2H3,(H,34,37)/t30-,31-,32+,33+/m0/s1. The molecule has 0 radical (unpaired) electrons. The molecule has 0 aromatic heterocycles. The maximum absolute atomic E-state index is 11.4. The highest BCUT2D eigenvalue weighted by molar-refractivity contribution is 5.73. The van der Waals surface area contributed by atoms with Crippen LogP contribution in [0.3, 0.4) is 0 Å². The third-order valence-corrected chi connectivity index (χ3v) is 7.87. The Hall–Kier alpha value is -3.07. The quantitative estimate of drug-likeness (QED) is 0.368. The van der Waals surface area contributed by atoms with Gasteiger partial charge in [-0.2, -0.15) is 0 Å². The van der Waals surface area contributed by atoms with Gasteiger partial charge in [0.05, 0.1) is 25.4 Å². The Morgan fingerprint density at radius 2 is 1.77 bits per heavy atom. The van der Waals surface area contributed by atoms with Crippen molar-refractivity contribution in [3.05, 3.63) is 95.1 Å². The zero-order chi connectivity index (χ0) is 27.9. The molecule has 7 nitrogen and oxygen atoms in total. The summed E-state index contributed by atoms with van der Waals surface area (Å²) >= 11 is 0. The number of nitrogens with zero attached hydrogens (tertiary/aromatic N) is 1. The van der Waals surface area contributed by atoms with Crippen LogP contribution < -0.4 is 5.32 Å². The van der Waals surface area contributed by atoms with Crippen LogP contribution >= 0.6 is 0 Å². The maximum atomic E-state index is 11.4. The molecule has 2 heterocycles. The molecule has 0 bridgehead atoms. The van der Waals surface area contributed by atoms with Crippen LogP contribution in [0.4, 0.5) is 0 Å². The minimum Gasteiger partial charge on any atom is -0.392 e. The van der Waals surface area contributed by atoms with Gasteiger partial charge in [0.15, 0.2) is 6.29 Å². The molecular weight excluding hydrogens is 504 g/mol. The van der Waals surface area contributed by atoms with Crippen LogP contribution in [-0.2, 0) is 32.2 Å². The predicted octanol–water partition coefficient (Wildman–Crippen LogP) is 5.14. The maximum Gasteiger partial charge on any atom is 0.217 e. The van der Waals surface area contributed by atoms with Crippen LogP contribution in [0.15, 0.2) is 72.8 Å². The minimum atomic E-state index is -0.507. The van der Waals surface area contributed by atoms with Gasteiger partial charge >= 0.3 is 0 Å². The molecule has 2 aliphatic rings. The van der Waals surface area contributed by atoms with Crippen LogP contribution in [0, 0.1) is 0 Å². The number of likely N-dealkylation sites (tertiary alicyclic amines) is 1. The molecule has 0 spiro atoms. The molecule has 3 aromatic carbocycles. The van der Waals surface area contributed by atoms with E-state index in [9.17, 15) is 9.90 Å². The lowest BCUT2D eigenvalue weighted by atomic mass is 9.98. The first kappa shape index (κ1) is 28.5. The van der Waals surface area contributed by atoms with Crippen LogP contribution in [0.1, 0.15) is 60.8 Å². The minimum absolute atomic E-state index is 0.00311. The first-order valence-corrected chi connectivity index (χ1v) is 14.2. The summed E-state index contributed by atoms with van der Waals surface area (Å²) in [6.07, 6.45) is 2.46. The lowest BCUT2D eigenvalue weighted by Crippen LogP contribution is -2.42. The van der Waals surface area contributed by atoms with E-state index in [1.807, 2.05) is 30.3 Å². The van der Waals surface area contributed by atoms with Crippen molar-refractivity contribution in [1.82, 2.24) is 10.2 Å². The topological polar surface area (TPSA) is 80.3 Å². The SMILES string of the molecule is COC[C@@H]1CCCN1C[C@@H]1C[C@H](c2ccc(CO)cc2)O[C@H](c2cccc(-c3cccc(CNC(C)=O)c3)c2)O1. The van der Waals surface area contributed by atoms with Crippen LogP contribution in [0.5, 0.6) is 0 Å². The van der Waals surface area contributed by atoms with E-state index in [4.69, 9.17) is 14.2 Å². The lowest BCUT2D eigenvalue weighted by molar-refractivity contribution is -0.253. The Balaban J connectivity index is 1.39. The average Bonchev–Trinajstić information content (AvgIpc) is 3.42. The van der Waals surface area contributed by atoms with Crippen LogP contribution in [0.25, 0.3) is 11.1 Å². The van der Waals surface area contributed by atoms with Crippen molar-refractivity contribution < 1.29 is 24.1 Å².